The third kappa shape index (κ3) is 5.17. The minimum absolute atomic E-state index is 0.0270. The van der Waals surface area contributed by atoms with E-state index in [-0.39, 0.29) is 54.1 Å². The van der Waals surface area contributed by atoms with E-state index >= 15 is 0 Å². The van der Waals surface area contributed by atoms with Crippen molar-refractivity contribution >= 4 is 5.78 Å². The van der Waals surface area contributed by atoms with E-state index in [1.807, 2.05) is 12.3 Å². The van der Waals surface area contributed by atoms with Gasteiger partial charge in [-0.25, -0.2) is 0 Å². The van der Waals surface area contributed by atoms with Gasteiger partial charge in [0, 0.05) is 23.5 Å². The van der Waals surface area contributed by atoms with Crippen LogP contribution in [0.5, 0.6) is 0 Å². The standard InChI is InChI=1S/C45H66N2O7/c1-5-6-24-7-13-29-23(2)40(54-34(29)15-8-24)41(51)43(4,52)35-17-28-12-14-30-38-37-26(19-42(35,3)45(28,38)53)10-9-25(27-11-16-36(46)47-22-27)20-44(37)21-33(49)32(48)18-31(44)39(30)50/h9-11,16,22-26,28-29,31-37,40-41,47-49,51-53H,5-8,12-15,17-21,46H2,1-4H3. The van der Waals surface area contributed by atoms with Crippen LogP contribution in [0, 0.1) is 64.1 Å². The lowest BCUT2D eigenvalue weighted by atomic mass is 9.39. The third-order valence-electron chi connectivity index (χ3n) is 17.7. The van der Waals surface area contributed by atoms with Crippen molar-refractivity contribution in [1.29, 1.82) is 0 Å². The molecule has 9 aliphatic rings. The molecule has 54 heavy (non-hydrogen) atoms. The van der Waals surface area contributed by atoms with Gasteiger partial charge in [-0.05, 0) is 141 Å². The Morgan fingerprint density at radius 2 is 1.83 bits per heavy atom. The number of dihydropyridines is 1. The maximum absolute atomic E-state index is 14.9. The second-order valence-electron chi connectivity index (χ2n) is 20.2. The molecule has 0 aromatic carbocycles. The van der Waals surface area contributed by atoms with Crippen molar-refractivity contribution < 1.29 is 35.1 Å². The van der Waals surface area contributed by atoms with Crippen molar-refractivity contribution in [2.75, 3.05) is 0 Å². The Balaban J connectivity index is 1.10. The molecule has 5 fully saturated rings. The van der Waals surface area contributed by atoms with E-state index < -0.39 is 58.3 Å². The number of aliphatic hydroxyl groups excluding tert-OH is 3. The number of allylic oxidation sites excluding steroid dienone is 5. The molecular weight excluding hydrogens is 681 g/mol. The van der Waals surface area contributed by atoms with Crippen LogP contribution in [0.2, 0.25) is 0 Å². The highest BCUT2D eigenvalue weighted by atomic mass is 16.5. The number of rotatable bonds is 6. The number of hydrogen-bond donors (Lipinski definition) is 7. The SMILES string of the molecule is CCCC1CCC2OC(C(O)C(C)(O)C3CC4CCC5=C6C7C(C=CC(C8=CNC(N)C=C8)CC78CC(O)C(O)CC8C5=O)CC3(C)C64O)C(C)C2CC1. The summed E-state index contributed by atoms with van der Waals surface area (Å²) < 4.78 is 6.78. The fourth-order valence-corrected chi connectivity index (χ4v) is 15.2. The lowest BCUT2D eigenvalue weighted by Gasteiger charge is -2.66. The molecule has 9 heteroatoms. The maximum Gasteiger partial charge on any atom is 0.162 e. The quantitative estimate of drug-likeness (QED) is 0.189. The lowest BCUT2D eigenvalue weighted by Crippen LogP contribution is -2.68. The molecule has 2 heterocycles. The first-order chi connectivity index (χ1) is 25.7. The molecule has 19 unspecified atom stereocenters. The highest BCUT2D eigenvalue weighted by Gasteiger charge is 2.76. The van der Waals surface area contributed by atoms with Crippen LogP contribution < -0.4 is 11.1 Å². The lowest BCUT2D eigenvalue weighted by molar-refractivity contribution is -0.207. The van der Waals surface area contributed by atoms with Gasteiger partial charge in [0.05, 0.1) is 41.8 Å². The summed E-state index contributed by atoms with van der Waals surface area (Å²) in [7, 11) is 0. The van der Waals surface area contributed by atoms with Crippen molar-refractivity contribution in [2.24, 2.45) is 69.8 Å². The Morgan fingerprint density at radius 3 is 2.57 bits per heavy atom. The number of nitrogens with one attached hydrogen (secondary N) is 1. The molecule has 0 radical (unpaired) electrons. The number of hydrogen-bond acceptors (Lipinski definition) is 9. The molecule has 0 bridgehead atoms. The van der Waals surface area contributed by atoms with Crippen molar-refractivity contribution in [1.82, 2.24) is 5.32 Å². The fraction of sp³-hybridized carbons (Fsp3) is 0.800. The molecule has 0 aromatic heterocycles. The zero-order valence-corrected chi connectivity index (χ0v) is 32.9. The van der Waals surface area contributed by atoms with E-state index in [0.29, 0.717) is 44.4 Å². The maximum atomic E-state index is 14.9. The summed E-state index contributed by atoms with van der Waals surface area (Å²) in [5.41, 5.74) is 4.36. The van der Waals surface area contributed by atoms with Crippen LogP contribution in [0.1, 0.15) is 111 Å². The summed E-state index contributed by atoms with van der Waals surface area (Å²) in [6.45, 7) is 8.37. The summed E-state index contributed by atoms with van der Waals surface area (Å²) in [6, 6.07) is 0. The van der Waals surface area contributed by atoms with Gasteiger partial charge in [0.25, 0.3) is 0 Å². The van der Waals surface area contributed by atoms with Gasteiger partial charge in [-0.2, -0.15) is 0 Å². The molecule has 19 atom stereocenters. The number of Topliss-reactive ketones (excluding diaryl/α,β-unsaturated/α-hetero) is 1. The van der Waals surface area contributed by atoms with E-state index in [1.54, 1.807) is 6.92 Å². The second-order valence-corrected chi connectivity index (χ2v) is 20.2. The normalized spacial score (nSPS) is 52.3. The van der Waals surface area contributed by atoms with Gasteiger partial charge >= 0.3 is 0 Å². The van der Waals surface area contributed by atoms with Crippen LogP contribution in [0.4, 0.5) is 0 Å². The van der Waals surface area contributed by atoms with Crippen LogP contribution in [-0.2, 0) is 9.53 Å². The van der Waals surface area contributed by atoms with Crippen molar-refractivity contribution in [2.45, 2.75) is 159 Å². The first-order valence-electron chi connectivity index (χ1n) is 21.7. The van der Waals surface area contributed by atoms with Crippen molar-refractivity contribution in [3.05, 3.63) is 47.2 Å². The Bertz CT molecular complexity index is 1650. The first kappa shape index (κ1) is 37.7. The van der Waals surface area contributed by atoms with Gasteiger partial charge < -0.3 is 41.3 Å². The van der Waals surface area contributed by atoms with Gasteiger partial charge in [0.2, 0.25) is 0 Å². The van der Waals surface area contributed by atoms with E-state index in [9.17, 15) is 30.3 Å². The predicted octanol–water partition coefficient (Wildman–Crippen LogP) is 4.81. The molecule has 1 saturated heterocycles. The van der Waals surface area contributed by atoms with Crippen molar-refractivity contribution in [3.63, 3.8) is 0 Å². The van der Waals surface area contributed by atoms with Crippen LogP contribution in [-0.4, -0.2) is 79.2 Å². The van der Waals surface area contributed by atoms with Gasteiger partial charge in [-0.3, -0.25) is 4.79 Å². The highest BCUT2D eigenvalue weighted by Crippen LogP contribution is 2.76. The Kier molecular flexibility index (Phi) is 9.14. The first-order valence-corrected chi connectivity index (χ1v) is 21.7. The molecule has 0 amide bonds. The average molecular weight is 747 g/mol. The second kappa shape index (κ2) is 13.1. The van der Waals surface area contributed by atoms with Gasteiger partial charge in [0.1, 0.15) is 6.10 Å². The minimum atomic E-state index is -1.55. The number of ketones is 1. The number of nitrogens with two attached hydrogens (primary N) is 1. The molecule has 9 nitrogen and oxygen atoms in total. The summed E-state index contributed by atoms with van der Waals surface area (Å²) >= 11 is 0. The number of carbonyl (C=O) groups is 1. The molecule has 9 rings (SSSR count). The van der Waals surface area contributed by atoms with Crippen molar-refractivity contribution in [3.8, 4) is 0 Å². The number of ether oxygens (including phenoxy) is 1. The van der Waals surface area contributed by atoms with E-state index in [1.165, 1.54) is 19.3 Å². The fourth-order valence-electron chi connectivity index (χ4n) is 15.2. The third-order valence-corrected chi connectivity index (χ3v) is 17.7. The zero-order chi connectivity index (χ0) is 38.1. The van der Waals surface area contributed by atoms with Crippen LogP contribution in [0.3, 0.4) is 0 Å². The molecular formula is C45H66N2O7. The van der Waals surface area contributed by atoms with E-state index in [4.69, 9.17) is 10.5 Å². The monoisotopic (exact) mass is 746 g/mol. The van der Waals surface area contributed by atoms with Gasteiger partial charge in [0.15, 0.2) is 5.78 Å². The zero-order valence-electron chi connectivity index (χ0n) is 32.9. The molecule has 4 saturated carbocycles. The van der Waals surface area contributed by atoms with Crippen LogP contribution in [0.15, 0.2) is 47.2 Å². The molecule has 2 aliphatic heterocycles. The summed E-state index contributed by atoms with van der Waals surface area (Å²) in [4.78, 5) is 14.9. The topological polar surface area (TPSA) is 165 Å². The summed E-state index contributed by atoms with van der Waals surface area (Å²) in [5, 5.41) is 64.7. The number of carbonyl (C=O) groups excluding carboxylic acids is 1. The molecule has 7 aliphatic carbocycles. The Labute approximate surface area is 321 Å². The predicted molar refractivity (Wildman–Crippen MR) is 205 cm³/mol. The highest BCUT2D eigenvalue weighted by molar-refractivity contribution is 6.00. The number of fused-ring (bicyclic) bond motifs is 1. The summed E-state index contributed by atoms with van der Waals surface area (Å²) in [5.74, 6) is -0.137. The number of aliphatic hydroxyl groups is 5. The van der Waals surface area contributed by atoms with E-state index in [0.717, 1.165) is 41.9 Å². The largest absolute Gasteiger partial charge is 0.390 e. The average Bonchev–Trinajstić information content (AvgIpc) is 3.38. The van der Waals surface area contributed by atoms with Crippen LogP contribution in [0.25, 0.3) is 0 Å². The molecule has 1 spiro atoms. The molecule has 8 N–H and O–H groups in total. The minimum Gasteiger partial charge on any atom is -0.390 e. The smallest absolute Gasteiger partial charge is 0.162 e. The molecule has 298 valence electrons. The summed E-state index contributed by atoms with van der Waals surface area (Å²) in [6.07, 6.45) is 17.2. The Morgan fingerprint density at radius 1 is 1.06 bits per heavy atom. The van der Waals surface area contributed by atoms with E-state index in [2.05, 4.69) is 44.3 Å². The van der Waals surface area contributed by atoms with Gasteiger partial charge in [-0.15, -0.1) is 0 Å². The Hall–Kier alpha value is -1.85. The molecule has 0 aromatic rings. The van der Waals surface area contributed by atoms with Crippen LogP contribution >= 0.6 is 0 Å². The van der Waals surface area contributed by atoms with Gasteiger partial charge in [-0.1, -0.05) is 58.3 Å².